The molecule has 0 amide bonds. The topological polar surface area (TPSA) is 35.2 Å². The Morgan fingerprint density at radius 1 is 1.28 bits per heavy atom. The fourth-order valence-corrected chi connectivity index (χ4v) is 2.41. The summed E-state index contributed by atoms with van der Waals surface area (Å²) in [5, 5.41) is 0.705. The summed E-state index contributed by atoms with van der Waals surface area (Å²) in [6.07, 6.45) is 10.6. The van der Waals surface area contributed by atoms with E-state index in [4.69, 9.17) is 22.1 Å². The van der Waals surface area contributed by atoms with E-state index >= 15 is 0 Å². The van der Waals surface area contributed by atoms with Crippen molar-refractivity contribution in [1.29, 1.82) is 0 Å². The maximum absolute atomic E-state index is 6.04. The highest BCUT2D eigenvalue weighted by Gasteiger charge is 2.11. The van der Waals surface area contributed by atoms with Gasteiger partial charge in [-0.15, -0.1) is 0 Å². The second kappa shape index (κ2) is 6.81. The highest BCUT2D eigenvalue weighted by Crippen LogP contribution is 2.25. The summed E-state index contributed by atoms with van der Waals surface area (Å²) in [6.45, 7) is 0.451. The van der Waals surface area contributed by atoms with Gasteiger partial charge in [-0.3, -0.25) is 0 Å². The van der Waals surface area contributed by atoms with Gasteiger partial charge >= 0.3 is 0 Å². The highest BCUT2D eigenvalue weighted by molar-refractivity contribution is 6.30. The number of hydrogen-bond donors (Lipinski definition) is 1. The summed E-state index contributed by atoms with van der Waals surface area (Å²) in [5.41, 5.74) is 6.69. The number of hydrogen-bond acceptors (Lipinski definition) is 2. The molecule has 0 bridgehead atoms. The van der Waals surface area contributed by atoms with Crippen LogP contribution >= 0.6 is 11.6 Å². The molecular formula is C15H20ClNO. The van der Waals surface area contributed by atoms with Gasteiger partial charge in [0.2, 0.25) is 0 Å². The maximum atomic E-state index is 6.04. The largest absolute Gasteiger partial charge is 0.486 e. The standard InChI is InChI=1S/C15H20ClNO/c16-13-8-9-15(12(10-13)11-17)18-14-6-4-2-1-3-5-7-14/h4,6,8-10,14H,1-3,5,7,11,17H2/b6-4+. The van der Waals surface area contributed by atoms with Crippen LogP contribution in [-0.2, 0) is 6.54 Å². The van der Waals surface area contributed by atoms with E-state index in [0.717, 1.165) is 24.2 Å². The lowest BCUT2D eigenvalue weighted by molar-refractivity contribution is 0.229. The minimum atomic E-state index is 0.164. The second-order valence-corrected chi connectivity index (χ2v) is 5.12. The number of rotatable bonds is 3. The summed E-state index contributed by atoms with van der Waals surface area (Å²) in [4.78, 5) is 0. The molecule has 3 heteroatoms. The zero-order valence-electron chi connectivity index (χ0n) is 10.6. The van der Waals surface area contributed by atoms with Crippen molar-refractivity contribution in [2.75, 3.05) is 0 Å². The van der Waals surface area contributed by atoms with Crippen LogP contribution in [0.25, 0.3) is 0 Å². The Kier molecular flexibility index (Phi) is 5.09. The van der Waals surface area contributed by atoms with Crippen molar-refractivity contribution in [3.05, 3.63) is 40.9 Å². The van der Waals surface area contributed by atoms with Gasteiger partial charge in [0.25, 0.3) is 0 Å². The first-order valence-corrected chi connectivity index (χ1v) is 6.99. The van der Waals surface area contributed by atoms with Crippen LogP contribution in [0, 0.1) is 0 Å². The number of allylic oxidation sites excluding steroid dienone is 1. The Bertz CT molecular complexity index is 417. The molecule has 0 aromatic heterocycles. The summed E-state index contributed by atoms with van der Waals surface area (Å²) in [7, 11) is 0. The van der Waals surface area contributed by atoms with Gasteiger partial charge in [-0.1, -0.05) is 24.1 Å². The van der Waals surface area contributed by atoms with Crippen molar-refractivity contribution in [1.82, 2.24) is 0 Å². The van der Waals surface area contributed by atoms with Gasteiger partial charge in [0.05, 0.1) is 0 Å². The molecule has 0 saturated heterocycles. The van der Waals surface area contributed by atoms with E-state index in [1.54, 1.807) is 0 Å². The van der Waals surface area contributed by atoms with E-state index in [9.17, 15) is 0 Å². The van der Waals surface area contributed by atoms with Gasteiger partial charge in [0, 0.05) is 17.1 Å². The van der Waals surface area contributed by atoms with Crippen LogP contribution < -0.4 is 10.5 Å². The van der Waals surface area contributed by atoms with Crippen LogP contribution in [0.5, 0.6) is 5.75 Å². The van der Waals surface area contributed by atoms with E-state index in [2.05, 4.69) is 12.2 Å². The fraction of sp³-hybridized carbons (Fsp3) is 0.467. The fourth-order valence-electron chi connectivity index (χ4n) is 2.21. The third-order valence-electron chi connectivity index (χ3n) is 3.23. The third-order valence-corrected chi connectivity index (χ3v) is 3.47. The van der Waals surface area contributed by atoms with Crippen molar-refractivity contribution in [3.8, 4) is 5.75 Å². The van der Waals surface area contributed by atoms with E-state index in [1.807, 2.05) is 18.2 Å². The second-order valence-electron chi connectivity index (χ2n) is 4.68. The zero-order valence-corrected chi connectivity index (χ0v) is 11.3. The molecule has 0 fully saturated rings. The molecule has 2 rings (SSSR count). The first-order chi connectivity index (χ1) is 8.79. The number of ether oxygens (including phenoxy) is 1. The lowest BCUT2D eigenvalue weighted by atomic mass is 10.0. The Balaban J connectivity index is 2.09. The molecule has 1 aromatic rings. The quantitative estimate of drug-likeness (QED) is 0.837. The van der Waals surface area contributed by atoms with E-state index in [1.165, 1.54) is 19.3 Å². The SMILES string of the molecule is NCc1cc(Cl)ccc1OC1/C=C/CCCCC1. The van der Waals surface area contributed by atoms with Gasteiger partial charge in [0.1, 0.15) is 11.9 Å². The summed E-state index contributed by atoms with van der Waals surface area (Å²) >= 11 is 5.96. The number of nitrogens with two attached hydrogens (primary N) is 1. The van der Waals surface area contributed by atoms with Gasteiger partial charge in [-0.25, -0.2) is 0 Å². The lowest BCUT2D eigenvalue weighted by Crippen LogP contribution is -2.16. The lowest BCUT2D eigenvalue weighted by Gasteiger charge is -2.19. The Labute approximate surface area is 114 Å². The number of benzene rings is 1. The van der Waals surface area contributed by atoms with Gasteiger partial charge < -0.3 is 10.5 Å². The molecule has 1 aliphatic rings. The molecular weight excluding hydrogens is 246 g/mol. The minimum absolute atomic E-state index is 0.164. The van der Waals surface area contributed by atoms with Crippen molar-refractivity contribution >= 4 is 11.6 Å². The number of halogens is 1. The first kappa shape index (κ1) is 13.4. The molecule has 0 aliphatic heterocycles. The van der Waals surface area contributed by atoms with Crippen LogP contribution in [0.4, 0.5) is 0 Å². The van der Waals surface area contributed by atoms with Crippen LogP contribution in [0.2, 0.25) is 5.02 Å². The smallest absolute Gasteiger partial charge is 0.124 e. The Morgan fingerprint density at radius 3 is 3.00 bits per heavy atom. The first-order valence-electron chi connectivity index (χ1n) is 6.61. The molecule has 0 heterocycles. The van der Waals surface area contributed by atoms with Crippen LogP contribution in [0.15, 0.2) is 30.4 Å². The van der Waals surface area contributed by atoms with Crippen LogP contribution in [-0.4, -0.2) is 6.10 Å². The molecule has 2 N–H and O–H groups in total. The maximum Gasteiger partial charge on any atom is 0.124 e. The molecule has 18 heavy (non-hydrogen) atoms. The van der Waals surface area contributed by atoms with Crippen molar-refractivity contribution in [3.63, 3.8) is 0 Å². The average Bonchev–Trinajstić information content (AvgIpc) is 2.34. The van der Waals surface area contributed by atoms with E-state index in [0.29, 0.717) is 11.6 Å². The van der Waals surface area contributed by atoms with Gasteiger partial charge in [0.15, 0.2) is 0 Å². The highest BCUT2D eigenvalue weighted by atomic mass is 35.5. The van der Waals surface area contributed by atoms with Crippen LogP contribution in [0.1, 0.15) is 37.7 Å². The van der Waals surface area contributed by atoms with E-state index in [-0.39, 0.29) is 6.10 Å². The van der Waals surface area contributed by atoms with Gasteiger partial charge in [-0.2, -0.15) is 0 Å². The predicted molar refractivity (Wildman–Crippen MR) is 76.0 cm³/mol. The molecule has 0 radical (unpaired) electrons. The summed E-state index contributed by atoms with van der Waals surface area (Å²) in [5.74, 6) is 0.858. The van der Waals surface area contributed by atoms with Gasteiger partial charge in [-0.05, 0) is 50.0 Å². The third kappa shape index (κ3) is 3.76. The molecule has 1 unspecified atom stereocenters. The zero-order chi connectivity index (χ0) is 12.8. The van der Waals surface area contributed by atoms with E-state index < -0.39 is 0 Å². The Morgan fingerprint density at radius 2 is 2.17 bits per heavy atom. The predicted octanol–water partition coefficient (Wildman–Crippen LogP) is 4.07. The molecule has 0 saturated carbocycles. The minimum Gasteiger partial charge on any atom is -0.486 e. The monoisotopic (exact) mass is 265 g/mol. The molecule has 98 valence electrons. The molecule has 1 aromatic carbocycles. The Hall–Kier alpha value is -0.990. The molecule has 1 atom stereocenters. The summed E-state index contributed by atoms with van der Waals surface area (Å²) < 4.78 is 6.04. The summed E-state index contributed by atoms with van der Waals surface area (Å²) in [6, 6.07) is 5.64. The molecule has 1 aliphatic carbocycles. The van der Waals surface area contributed by atoms with Crippen LogP contribution in [0.3, 0.4) is 0 Å². The van der Waals surface area contributed by atoms with Crippen molar-refractivity contribution in [2.45, 2.75) is 44.8 Å². The normalized spacial score (nSPS) is 22.0. The molecule has 2 nitrogen and oxygen atoms in total. The van der Waals surface area contributed by atoms with Crippen molar-refractivity contribution in [2.24, 2.45) is 5.73 Å². The average molecular weight is 266 g/mol. The molecule has 0 spiro atoms. The van der Waals surface area contributed by atoms with Crippen molar-refractivity contribution < 1.29 is 4.74 Å².